The van der Waals surface area contributed by atoms with Gasteiger partial charge in [-0.1, -0.05) is 31.0 Å². The zero-order chi connectivity index (χ0) is 16.4. The van der Waals surface area contributed by atoms with Crippen molar-refractivity contribution >= 4 is 26.7 Å². The van der Waals surface area contributed by atoms with E-state index in [1.54, 1.807) is 0 Å². The Kier molecular flexibility index (Phi) is 4.43. The normalized spacial score (nSPS) is 16.0. The van der Waals surface area contributed by atoms with E-state index >= 15 is 0 Å². The molecule has 1 N–H and O–H groups in total. The second-order valence-corrected chi connectivity index (χ2v) is 8.42. The van der Waals surface area contributed by atoms with Gasteiger partial charge >= 0.3 is 0 Å². The molecular formula is C17H21NO4S. The van der Waals surface area contributed by atoms with Crippen LogP contribution in [0.3, 0.4) is 0 Å². The first-order valence-corrected chi connectivity index (χ1v) is 9.64. The SMILES string of the molecule is Cc1c(CNC(=O)CS(=O)(=O)C2CCCC2)oc2ccccc12. The number of carbonyl (C=O) groups excluding carboxylic acids is 1. The lowest BCUT2D eigenvalue weighted by Gasteiger charge is -2.10. The van der Waals surface area contributed by atoms with Crippen LogP contribution in [-0.2, 0) is 21.2 Å². The molecule has 23 heavy (non-hydrogen) atoms. The van der Waals surface area contributed by atoms with Crippen molar-refractivity contribution in [2.75, 3.05) is 5.75 Å². The van der Waals surface area contributed by atoms with E-state index in [1.807, 2.05) is 31.2 Å². The van der Waals surface area contributed by atoms with Crippen LogP contribution in [0.5, 0.6) is 0 Å². The highest BCUT2D eigenvalue weighted by atomic mass is 32.2. The molecule has 0 unspecified atom stereocenters. The van der Waals surface area contributed by atoms with E-state index < -0.39 is 21.5 Å². The van der Waals surface area contributed by atoms with Gasteiger partial charge in [0.2, 0.25) is 5.91 Å². The number of sulfone groups is 1. The van der Waals surface area contributed by atoms with Crippen LogP contribution in [0.2, 0.25) is 0 Å². The van der Waals surface area contributed by atoms with Crippen LogP contribution in [0.25, 0.3) is 11.0 Å². The monoisotopic (exact) mass is 335 g/mol. The lowest BCUT2D eigenvalue weighted by atomic mass is 10.1. The molecule has 5 nitrogen and oxygen atoms in total. The van der Waals surface area contributed by atoms with Crippen molar-refractivity contribution in [1.82, 2.24) is 5.32 Å². The number of hydrogen-bond acceptors (Lipinski definition) is 4. The number of hydrogen-bond donors (Lipinski definition) is 1. The van der Waals surface area contributed by atoms with Gasteiger partial charge < -0.3 is 9.73 Å². The predicted octanol–water partition coefficient (Wildman–Crippen LogP) is 2.71. The topological polar surface area (TPSA) is 76.4 Å². The summed E-state index contributed by atoms with van der Waals surface area (Å²) in [5.41, 5.74) is 1.74. The molecule has 0 bridgehead atoms. The van der Waals surface area contributed by atoms with Gasteiger partial charge in [-0.2, -0.15) is 0 Å². The number of benzene rings is 1. The van der Waals surface area contributed by atoms with E-state index in [2.05, 4.69) is 5.32 Å². The van der Waals surface area contributed by atoms with E-state index in [1.165, 1.54) is 0 Å². The predicted molar refractivity (Wildman–Crippen MR) is 88.8 cm³/mol. The van der Waals surface area contributed by atoms with Crippen LogP contribution in [-0.4, -0.2) is 25.3 Å². The maximum absolute atomic E-state index is 12.2. The molecule has 1 aromatic carbocycles. The Morgan fingerprint density at radius 2 is 1.96 bits per heavy atom. The number of nitrogens with one attached hydrogen (secondary N) is 1. The third-order valence-corrected chi connectivity index (χ3v) is 6.68. The van der Waals surface area contributed by atoms with Crippen molar-refractivity contribution < 1.29 is 17.6 Å². The van der Waals surface area contributed by atoms with Crippen LogP contribution >= 0.6 is 0 Å². The van der Waals surface area contributed by atoms with Gasteiger partial charge in [-0.05, 0) is 25.8 Å². The van der Waals surface area contributed by atoms with Crippen LogP contribution < -0.4 is 5.32 Å². The van der Waals surface area contributed by atoms with E-state index in [0.717, 1.165) is 29.4 Å². The van der Waals surface area contributed by atoms with Gasteiger partial charge in [0, 0.05) is 10.9 Å². The molecule has 1 fully saturated rings. The summed E-state index contributed by atoms with van der Waals surface area (Å²) in [6, 6.07) is 7.66. The number of aryl methyl sites for hydroxylation is 1. The second-order valence-electron chi connectivity index (χ2n) is 6.14. The third-order valence-electron chi connectivity index (χ3n) is 4.53. The van der Waals surface area contributed by atoms with E-state index in [0.29, 0.717) is 18.6 Å². The third kappa shape index (κ3) is 3.42. The Balaban J connectivity index is 1.63. The molecular weight excluding hydrogens is 314 g/mol. The molecule has 1 saturated carbocycles. The molecule has 0 atom stereocenters. The summed E-state index contributed by atoms with van der Waals surface area (Å²) in [5.74, 6) is -0.230. The summed E-state index contributed by atoms with van der Waals surface area (Å²) in [6.07, 6.45) is 3.23. The van der Waals surface area contributed by atoms with Gasteiger partial charge in [-0.15, -0.1) is 0 Å². The summed E-state index contributed by atoms with van der Waals surface area (Å²) in [4.78, 5) is 12.0. The van der Waals surface area contributed by atoms with Crippen LogP contribution in [0.1, 0.15) is 37.0 Å². The molecule has 1 amide bonds. The Labute approximate surface area is 136 Å². The fraction of sp³-hybridized carbons (Fsp3) is 0.471. The van der Waals surface area contributed by atoms with Crippen molar-refractivity contribution in [2.24, 2.45) is 0 Å². The van der Waals surface area contributed by atoms with Gasteiger partial charge in [-0.3, -0.25) is 4.79 Å². The van der Waals surface area contributed by atoms with E-state index in [9.17, 15) is 13.2 Å². The van der Waals surface area contributed by atoms with Gasteiger partial charge in [0.25, 0.3) is 0 Å². The molecule has 0 aliphatic heterocycles. The smallest absolute Gasteiger partial charge is 0.235 e. The Morgan fingerprint density at radius 1 is 1.26 bits per heavy atom. The van der Waals surface area contributed by atoms with Crippen molar-refractivity contribution in [3.05, 3.63) is 35.6 Å². The summed E-state index contributed by atoms with van der Waals surface area (Å²) in [6.45, 7) is 2.14. The number of rotatable bonds is 5. The number of amides is 1. The van der Waals surface area contributed by atoms with Crippen molar-refractivity contribution in [3.63, 3.8) is 0 Å². The number of para-hydroxylation sites is 1. The largest absolute Gasteiger partial charge is 0.459 e. The standard InChI is InChI=1S/C17H21NO4S/c1-12-14-8-4-5-9-15(14)22-16(12)10-18-17(19)11-23(20,21)13-6-2-3-7-13/h4-5,8-9,13H,2-3,6-7,10-11H2,1H3,(H,18,19). The lowest BCUT2D eigenvalue weighted by Crippen LogP contribution is -2.33. The maximum Gasteiger partial charge on any atom is 0.235 e. The molecule has 0 saturated heterocycles. The average Bonchev–Trinajstić information content (AvgIpc) is 3.14. The first-order chi connectivity index (χ1) is 11.0. The molecule has 124 valence electrons. The molecule has 1 heterocycles. The molecule has 3 rings (SSSR count). The van der Waals surface area contributed by atoms with Crippen LogP contribution in [0.15, 0.2) is 28.7 Å². The fourth-order valence-corrected chi connectivity index (χ4v) is 4.93. The summed E-state index contributed by atoms with van der Waals surface area (Å²) < 4.78 is 30.1. The molecule has 1 aliphatic rings. The Morgan fingerprint density at radius 3 is 2.65 bits per heavy atom. The maximum atomic E-state index is 12.2. The zero-order valence-corrected chi connectivity index (χ0v) is 14.0. The number of carbonyl (C=O) groups is 1. The van der Waals surface area contributed by atoms with E-state index in [-0.39, 0.29) is 11.8 Å². The highest BCUT2D eigenvalue weighted by Gasteiger charge is 2.30. The first kappa shape index (κ1) is 16.1. The number of furan rings is 1. The summed E-state index contributed by atoms with van der Waals surface area (Å²) in [7, 11) is -3.34. The molecule has 1 aromatic heterocycles. The van der Waals surface area contributed by atoms with Crippen molar-refractivity contribution in [3.8, 4) is 0 Å². The first-order valence-electron chi connectivity index (χ1n) is 7.92. The average molecular weight is 335 g/mol. The minimum absolute atomic E-state index is 0.208. The number of fused-ring (bicyclic) bond motifs is 1. The Hall–Kier alpha value is -1.82. The molecule has 6 heteroatoms. The highest BCUT2D eigenvalue weighted by Crippen LogP contribution is 2.26. The molecule has 2 aromatic rings. The van der Waals surface area contributed by atoms with Gasteiger partial charge in [0.1, 0.15) is 17.1 Å². The van der Waals surface area contributed by atoms with Gasteiger partial charge in [0.05, 0.1) is 11.8 Å². The zero-order valence-electron chi connectivity index (χ0n) is 13.2. The van der Waals surface area contributed by atoms with Crippen molar-refractivity contribution in [1.29, 1.82) is 0 Å². The summed E-state index contributed by atoms with van der Waals surface area (Å²) >= 11 is 0. The Bertz CT molecular complexity index is 816. The lowest BCUT2D eigenvalue weighted by molar-refractivity contribution is -0.118. The second kappa shape index (κ2) is 6.35. The van der Waals surface area contributed by atoms with Gasteiger partial charge in [-0.25, -0.2) is 8.42 Å². The van der Waals surface area contributed by atoms with Crippen molar-refractivity contribution in [2.45, 2.75) is 44.4 Å². The summed E-state index contributed by atoms with van der Waals surface area (Å²) in [5, 5.41) is 3.33. The minimum Gasteiger partial charge on any atom is -0.459 e. The van der Waals surface area contributed by atoms with Crippen LogP contribution in [0.4, 0.5) is 0 Å². The van der Waals surface area contributed by atoms with E-state index in [4.69, 9.17) is 4.42 Å². The highest BCUT2D eigenvalue weighted by molar-refractivity contribution is 7.92. The molecule has 0 radical (unpaired) electrons. The quantitative estimate of drug-likeness (QED) is 0.911. The minimum atomic E-state index is -3.34. The fourth-order valence-electron chi connectivity index (χ4n) is 3.17. The molecule has 1 aliphatic carbocycles. The van der Waals surface area contributed by atoms with Crippen LogP contribution in [0, 0.1) is 6.92 Å². The molecule has 0 spiro atoms. The van der Waals surface area contributed by atoms with Gasteiger partial charge in [0.15, 0.2) is 9.84 Å².